The maximum Gasteiger partial charge on any atom is 0.243 e. The van der Waals surface area contributed by atoms with E-state index in [1.165, 1.54) is 14.2 Å². The van der Waals surface area contributed by atoms with Crippen LogP contribution >= 0.6 is 0 Å². The molecule has 0 radical (unpaired) electrons. The van der Waals surface area contributed by atoms with Crippen molar-refractivity contribution >= 4 is 0 Å². The highest BCUT2D eigenvalue weighted by atomic mass is 16.6. The zero-order valence-electron chi connectivity index (χ0n) is 17.3. The van der Waals surface area contributed by atoms with Gasteiger partial charge in [0.05, 0.1) is 14.2 Å². The Bertz CT molecular complexity index is 840. The van der Waals surface area contributed by atoms with Gasteiger partial charge < -0.3 is 9.47 Å². The fraction of sp³-hybridized carbons (Fsp3) is 0.429. The van der Waals surface area contributed by atoms with Crippen molar-refractivity contribution in [2.75, 3.05) is 14.2 Å². The van der Waals surface area contributed by atoms with Crippen molar-refractivity contribution in [3.8, 4) is 11.5 Å². The van der Waals surface area contributed by atoms with Crippen molar-refractivity contribution in [2.45, 2.75) is 38.0 Å². The summed E-state index contributed by atoms with van der Waals surface area (Å²) in [6, 6.07) is 10.1. The lowest BCUT2D eigenvalue weighted by atomic mass is 9.66. The number of nitrogens with zero attached hydrogens (tertiary/aromatic N) is 2. The fourth-order valence-corrected chi connectivity index (χ4v) is 4.38. The van der Waals surface area contributed by atoms with E-state index in [0.29, 0.717) is 22.6 Å². The molecule has 4 atom stereocenters. The molecule has 1 N–H and O–H groups in total. The number of ether oxygens (including phenoxy) is 2. The van der Waals surface area contributed by atoms with Gasteiger partial charge in [0, 0.05) is 9.85 Å². The Kier molecular flexibility index (Phi) is 5.93. The predicted octanol–water partition coefficient (Wildman–Crippen LogP) is 3.41. The molecule has 2 aromatic rings. The van der Waals surface area contributed by atoms with Gasteiger partial charge >= 0.3 is 0 Å². The molecular formula is C21H25N3O6. The highest BCUT2D eigenvalue weighted by molar-refractivity contribution is 5.34. The molecule has 1 aliphatic rings. The minimum absolute atomic E-state index is 0.414. The zero-order chi connectivity index (χ0) is 22.1. The minimum atomic E-state index is -1.23. The van der Waals surface area contributed by atoms with Crippen LogP contribution in [-0.2, 0) is 0 Å². The second-order valence-electron chi connectivity index (χ2n) is 7.95. The van der Waals surface area contributed by atoms with Crippen molar-refractivity contribution < 1.29 is 19.3 Å². The average molecular weight is 415 g/mol. The molecule has 0 saturated carbocycles. The minimum Gasteiger partial charge on any atom is -0.497 e. The quantitative estimate of drug-likeness (QED) is 0.567. The second kappa shape index (κ2) is 8.27. The van der Waals surface area contributed by atoms with E-state index in [2.05, 4.69) is 5.32 Å². The third-order valence-electron chi connectivity index (χ3n) is 5.92. The molecule has 0 aliphatic carbocycles. The van der Waals surface area contributed by atoms with E-state index in [-0.39, 0.29) is 0 Å². The summed E-state index contributed by atoms with van der Waals surface area (Å²) in [6.07, 6.45) is 0. The monoisotopic (exact) mass is 415 g/mol. The first-order valence-electron chi connectivity index (χ1n) is 9.51. The summed E-state index contributed by atoms with van der Waals surface area (Å²) in [5.41, 5.74) is 0.115. The van der Waals surface area contributed by atoms with E-state index < -0.39 is 39.4 Å². The number of hydrogen-bond acceptors (Lipinski definition) is 7. The molecule has 3 rings (SSSR count). The third-order valence-corrected chi connectivity index (χ3v) is 5.92. The number of methoxy groups -OCH3 is 2. The summed E-state index contributed by atoms with van der Waals surface area (Å²) in [7, 11) is 3.08. The van der Waals surface area contributed by atoms with Gasteiger partial charge in [0.1, 0.15) is 29.0 Å². The van der Waals surface area contributed by atoms with Crippen LogP contribution in [0.15, 0.2) is 48.5 Å². The van der Waals surface area contributed by atoms with Gasteiger partial charge in [0.2, 0.25) is 12.1 Å². The van der Waals surface area contributed by atoms with E-state index in [1.807, 2.05) is 0 Å². The molecule has 0 spiro atoms. The number of hydrogen-bond donors (Lipinski definition) is 1. The summed E-state index contributed by atoms with van der Waals surface area (Å²) in [4.78, 5) is 23.3. The van der Waals surface area contributed by atoms with Crippen molar-refractivity contribution in [1.82, 2.24) is 5.32 Å². The summed E-state index contributed by atoms with van der Waals surface area (Å²) >= 11 is 0. The lowest BCUT2D eigenvalue weighted by molar-refractivity contribution is -0.605. The Labute approximate surface area is 174 Å². The summed E-state index contributed by atoms with van der Waals surface area (Å²) in [5.74, 6) is 1.25. The molecule has 1 fully saturated rings. The Morgan fingerprint density at radius 1 is 0.767 bits per heavy atom. The predicted molar refractivity (Wildman–Crippen MR) is 110 cm³/mol. The Morgan fingerprint density at radius 3 is 1.37 bits per heavy atom. The number of benzene rings is 2. The number of rotatable bonds is 6. The first-order chi connectivity index (χ1) is 14.2. The SMILES string of the molecule is COc1ccc([C@H]2N[C@@H](c3ccc(OC)cc3)[C@H]([N+](=O)[O-])C(C)(C)[C@H]2[N+](=O)[O-])cc1. The molecule has 2 aromatic carbocycles. The van der Waals surface area contributed by atoms with Crippen LogP contribution in [0.3, 0.4) is 0 Å². The molecule has 0 unspecified atom stereocenters. The second-order valence-corrected chi connectivity index (χ2v) is 7.95. The Morgan fingerprint density at radius 2 is 1.10 bits per heavy atom. The number of nitro groups is 2. The van der Waals surface area contributed by atoms with Gasteiger partial charge in [-0.1, -0.05) is 24.3 Å². The maximum absolute atomic E-state index is 12.1. The van der Waals surface area contributed by atoms with Crippen LogP contribution in [0.1, 0.15) is 37.1 Å². The summed E-state index contributed by atoms with van der Waals surface area (Å²) < 4.78 is 10.4. The van der Waals surface area contributed by atoms with Crippen LogP contribution < -0.4 is 14.8 Å². The molecule has 0 amide bonds. The summed E-state index contributed by atoms with van der Waals surface area (Å²) in [5, 5.41) is 27.4. The largest absolute Gasteiger partial charge is 0.497 e. The van der Waals surface area contributed by atoms with Crippen LogP contribution in [-0.4, -0.2) is 36.1 Å². The Hall–Kier alpha value is -3.20. The smallest absolute Gasteiger partial charge is 0.243 e. The van der Waals surface area contributed by atoms with Gasteiger partial charge in [-0.05, 0) is 49.2 Å². The molecule has 0 bridgehead atoms. The molecular weight excluding hydrogens is 390 g/mol. The van der Waals surface area contributed by atoms with Crippen LogP contribution in [0.2, 0.25) is 0 Å². The lowest BCUT2D eigenvalue weighted by Crippen LogP contribution is -2.63. The van der Waals surface area contributed by atoms with Crippen molar-refractivity contribution in [2.24, 2.45) is 5.41 Å². The topological polar surface area (TPSA) is 117 Å². The van der Waals surface area contributed by atoms with Crippen LogP contribution in [0.4, 0.5) is 0 Å². The molecule has 0 aromatic heterocycles. The molecule has 9 heteroatoms. The van der Waals surface area contributed by atoms with Crippen molar-refractivity contribution in [3.05, 3.63) is 79.9 Å². The van der Waals surface area contributed by atoms with E-state index in [1.54, 1.807) is 62.4 Å². The van der Waals surface area contributed by atoms with Crippen molar-refractivity contribution in [1.29, 1.82) is 0 Å². The molecule has 1 saturated heterocycles. The molecule has 9 nitrogen and oxygen atoms in total. The normalized spacial score (nSPS) is 25.3. The van der Waals surface area contributed by atoms with Gasteiger partial charge in [0.25, 0.3) is 0 Å². The van der Waals surface area contributed by atoms with Crippen LogP contribution in [0, 0.1) is 25.6 Å². The first kappa shape index (κ1) is 21.5. The fourth-order valence-electron chi connectivity index (χ4n) is 4.38. The standard InChI is InChI=1S/C21H25N3O6/c1-21(2)19(23(25)26)17(13-5-9-15(29-3)10-6-13)22-18(20(21)24(27)28)14-7-11-16(30-4)12-8-14/h5-12,17-20,22H,1-4H3/t17-,18+,19-,20-/m0/s1. The van der Waals surface area contributed by atoms with E-state index >= 15 is 0 Å². The van der Waals surface area contributed by atoms with Gasteiger partial charge in [0.15, 0.2) is 0 Å². The average Bonchev–Trinajstić information content (AvgIpc) is 2.71. The number of piperidine rings is 1. The Balaban J connectivity index is 2.11. The lowest BCUT2D eigenvalue weighted by Gasteiger charge is -2.44. The zero-order valence-corrected chi connectivity index (χ0v) is 17.3. The van der Waals surface area contributed by atoms with Crippen LogP contribution in [0.5, 0.6) is 11.5 Å². The highest BCUT2D eigenvalue weighted by Crippen LogP contribution is 2.47. The molecule has 1 heterocycles. The number of nitrogens with one attached hydrogen (secondary N) is 1. The van der Waals surface area contributed by atoms with Gasteiger partial charge in [-0.3, -0.25) is 25.5 Å². The molecule has 1 aliphatic heterocycles. The van der Waals surface area contributed by atoms with Crippen molar-refractivity contribution in [3.63, 3.8) is 0 Å². The van der Waals surface area contributed by atoms with Gasteiger partial charge in [-0.15, -0.1) is 0 Å². The summed E-state index contributed by atoms with van der Waals surface area (Å²) in [6.45, 7) is 3.20. The third kappa shape index (κ3) is 3.80. The van der Waals surface area contributed by atoms with E-state index in [4.69, 9.17) is 9.47 Å². The highest BCUT2D eigenvalue weighted by Gasteiger charge is 2.62. The van der Waals surface area contributed by atoms with Gasteiger partial charge in [-0.2, -0.15) is 0 Å². The van der Waals surface area contributed by atoms with Crippen LogP contribution in [0.25, 0.3) is 0 Å². The first-order valence-corrected chi connectivity index (χ1v) is 9.51. The molecule has 30 heavy (non-hydrogen) atoms. The van der Waals surface area contributed by atoms with E-state index in [0.717, 1.165) is 0 Å². The molecule has 160 valence electrons. The van der Waals surface area contributed by atoms with Gasteiger partial charge in [-0.25, -0.2) is 0 Å². The van der Waals surface area contributed by atoms with E-state index in [9.17, 15) is 20.2 Å². The maximum atomic E-state index is 12.1.